The molecule has 15 heavy (non-hydrogen) atoms. The number of nitrogens with zero attached hydrogens (tertiary/aromatic N) is 2. The second kappa shape index (κ2) is 6.77. The molecule has 0 radical (unpaired) electrons. The average molecular weight is 233 g/mol. The van der Waals surface area contributed by atoms with Crippen molar-refractivity contribution in [1.82, 2.24) is 9.62 Å². The Labute approximate surface area is 92.1 Å². The molecule has 0 spiro atoms. The number of nitriles is 1. The van der Waals surface area contributed by atoms with Gasteiger partial charge >= 0.3 is 0 Å². The van der Waals surface area contributed by atoms with Gasteiger partial charge in [-0.2, -0.15) is 5.26 Å². The molecule has 0 rings (SSSR count). The standard InChI is InChI=1S/C9H19N3O2S/c1-4-9(8-10)15(13,14)11-6-5-7-12(2)3/h9,11H,4-7H2,1-3H3. The summed E-state index contributed by atoms with van der Waals surface area (Å²) < 4.78 is 25.4. The van der Waals surface area contributed by atoms with Gasteiger partial charge in [-0.1, -0.05) is 6.92 Å². The first-order chi connectivity index (χ1) is 6.94. The summed E-state index contributed by atoms with van der Waals surface area (Å²) in [7, 11) is 0.408. The van der Waals surface area contributed by atoms with Gasteiger partial charge in [-0.3, -0.25) is 0 Å². The highest BCUT2D eigenvalue weighted by Gasteiger charge is 2.22. The molecule has 0 fully saturated rings. The van der Waals surface area contributed by atoms with Crippen molar-refractivity contribution in [3.8, 4) is 6.07 Å². The summed E-state index contributed by atoms with van der Waals surface area (Å²) in [6, 6.07) is 1.78. The zero-order valence-corrected chi connectivity index (χ0v) is 10.3. The van der Waals surface area contributed by atoms with Crippen LogP contribution in [0.2, 0.25) is 0 Å². The third-order valence-corrected chi connectivity index (χ3v) is 3.77. The largest absolute Gasteiger partial charge is 0.309 e. The predicted molar refractivity (Wildman–Crippen MR) is 59.8 cm³/mol. The molecule has 1 atom stereocenters. The van der Waals surface area contributed by atoms with E-state index in [1.54, 1.807) is 13.0 Å². The average Bonchev–Trinajstić information content (AvgIpc) is 2.14. The summed E-state index contributed by atoms with van der Waals surface area (Å²) in [4.78, 5) is 1.98. The molecule has 0 bridgehead atoms. The van der Waals surface area contributed by atoms with Crippen molar-refractivity contribution in [2.75, 3.05) is 27.2 Å². The molecule has 0 aromatic carbocycles. The van der Waals surface area contributed by atoms with Crippen molar-refractivity contribution < 1.29 is 8.42 Å². The fraction of sp³-hybridized carbons (Fsp3) is 0.889. The van der Waals surface area contributed by atoms with Gasteiger partial charge in [0.1, 0.15) is 0 Å². The Balaban J connectivity index is 4.01. The van der Waals surface area contributed by atoms with E-state index < -0.39 is 15.3 Å². The van der Waals surface area contributed by atoms with Crippen molar-refractivity contribution in [2.24, 2.45) is 0 Å². The Bertz CT molecular complexity index is 306. The van der Waals surface area contributed by atoms with Crippen LogP contribution in [0, 0.1) is 11.3 Å². The molecule has 1 N–H and O–H groups in total. The van der Waals surface area contributed by atoms with E-state index in [9.17, 15) is 8.42 Å². The van der Waals surface area contributed by atoms with Gasteiger partial charge in [0.2, 0.25) is 10.0 Å². The van der Waals surface area contributed by atoms with E-state index in [0.29, 0.717) is 13.0 Å². The van der Waals surface area contributed by atoms with E-state index in [0.717, 1.165) is 13.0 Å². The summed E-state index contributed by atoms with van der Waals surface area (Å²) in [5.41, 5.74) is 0. The van der Waals surface area contributed by atoms with Crippen molar-refractivity contribution in [1.29, 1.82) is 5.26 Å². The van der Waals surface area contributed by atoms with Crippen LogP contribution in [0.15, 0.2) is 0 Å². The van der Waals surface area contributed by atoms with Gasteiger partial charge in [0.05, 0.1) is 6.07 Å². The van der Waals surface area contributed by atoms with Crippen LogP contribution in [0.5, 0.6) is 0 Å². The highest BCUT2D eigenvalue weighted by Crippen LogP contribution is 2.02. The fourth-order valence-corrected chi connectivity index (χ4v) is 2.30. The fourth-order valence-electron chi connectivity index (χ4n) is 1.09. The first-order valence-electron chi connectivity index (χ1n) is 4.97. The van der Waals surface area contributed by atoms with Gasteiger partial charge in [0, 0.05) is 6.54 Å². The van der Waals surface area contributed by atoms with Crippen LogP contribution in [-0.2, 0) is 10.0 Å². The highest BCUT2D eigenvalue weighted by atomic mass is 32.2. The molecular formula is C9H19N3O2S. The van der Waals surface area contributed by atoms with Crippen molar-refractivity contribution in [2.45, 2.75) is 25.0 Å². The molecule has 0 saturated heterocycles. The van der Waals surface area contributed by atoms with Crippen LogP contribution in [-0.4, -0.2) is 45.8 Å². The molecule has 0 aromatic rings. The van der Waals surface area contributed by atoms with Gasteiger partial charge < -0.3 is 4.90 Å². The Morgan fingerprint density at radius 1 is 1.47 bits per heavy atom. The summed E-state index contributed by atoms with van der Waals surface area (Å²) in [5.74, 6) is 0. The lowest BCUT2D eigenvalue weighted by Crippen LogP contribution is -2.34. The topological polar surface area (TPSA) is 73.2 Å². The zero-order chi connectivity index (χ0) is 11.9. The molecule has 6 heteroatoms. The summed E-state index contributed by atoms with van der Waals surface area (Å²) in [6.07, 6.45) is 1.06. The molecule has 5 nitrogen and oxygen atoms in total. The van der Waals surface area contributed by atoms with Crippen LogP contribution >= 0.6 is 0 Å². The molecule has 0 saturated carbocycles. The second-order valence-corrected chi connectivity index (χ2v) is 5.57. The summed E-state index contributed by atoms with van der Waals surface area (Å²) in [5, 5.41) is 7.70. The quantitative estimate of drug-likeness (QED) is 0.636. The first-order valence-corrected chi connectivity index (χ1v) is 6.51. The number of rotatable bonds is 7. The van der Waals surface area contributed by atoms with E-state index in [-0.39, 0.29) is 0 Å². The molecule has 0 aliphatic rings. The van der Waals surface area contributed by atoms with Gasteiger partial charge in [0.25, 0.3) is 0 Å². The highest BCUT2D eigenvalue weighted by molar-refractivity contribution is 7.90. The monoisotopic (exact) mass is 233 g/mol. The molecule has 0 aromatic heterocycles. The normalized spacial score (nSPS) is 13.8. The lowest BCUT2D eigenvalue weighted by molar-refractivity contribution is 0.400. The molecule has 88 valence electrons. The van der Waals surface area contributed by atoms with Crippen molar-refractivity contribution >= 4 is 10.0 Å². The van der Waals surface area contributed by atoms with Crippen LogP contribution in [0.4, 0.5) is 0 Å². The minimum absolute atomic E-state index is 0.319. The SMILES string of the molecule is CCC(C#N)S(=O)(=O)NCCCN(C)C. The summed E-state index contributed by atoms with van der Waals surface area (Å²) >= 11 is 0. The van der Waals surface area contributed by atoms with Gasteiger partial charge in [-0.15, -0.1) is 0 Å². The third-order valence-electron chi connectivity index (χ3n) is 1.97. The van der Waals surface area contributed by atoms with Crippen molar-refractivity contribution in [3.05, 3.63) is 0 Å². The van der Waals surface area contributed by atoms with Gasteiger partial charge in [-0.25, -0.2) is 13.1 Å². The van der Waals surface area contributed by atoms with Gasteiger partial charge in [-0.05, 0) is 33.5 Å². The molecule has 0 aliphatic carbocycles. The minimum Gasteiger partial charge on any atom is -0.309 e. The van der Waals surface area contributed by atoms with E-state index in [1.165, 1.54) is 0 Å². The molecule has 0 aliphatic heterocycles. The van der Waals surface area contributed by atoms with Crippen LogP contribution in [0.25, 0.3) is 0 Å². The van der Waals surface area contributed by atoms with E-state index in [2.05, 4.69) is 4.72 Å². The Hall–Kier alpha value is -0.640. The van der Waals surface area contributed by atoms with E-state index >= 15 is 0 Å². The second-order valence-electron chi connectivity index (χ2n) is 3.62. The molecule has 0 amide bonds. The molecule has 1 unspecified atom stereocenters. The zero-order valence-electron chi connectivity index (χ0n) is 9.52. The first kappa shape index (κ1) is 14.4. The van der Waals surface area contributed by atoms with Crippen LogP contribution in [0.1, 0.15) is 19.8 Å². The third kappa shape index (κ3) is 5.72. The smallest absolute Gasteiger partial charge is 0.227 e. The number of nitrogens with one attached hydrogen (secondary N) is 1. The molecular weight excluding hydrogens is 214 g/mol. The number of sulfonamides is 1. The van der Waals surface area contributed by atoms with E-state index in [1.807, 2.05) is 19.0 Å². The predicted octanol–water partition coefficient (Wildman–Crippen LogP) is 0.160. The Morgan fingerprint density at radius 2 is 2.07 bits per heavy atom. The van der Waals surface area contributed by atoms with Gasteiger partial charge in [0.15, 0.2) is 5.25 Å². The maximum Gasteiger partial charge on any atom is 0.227 e. The summed E-state index contributed by atoms with van der Waals surface area (Å²) in [6.45, 7) is 2.90. The van der Waals surface area contributed by atoms with Crippen LogP contribution in [0.3, 0.4) is 0 Å². The Kier molecular flexibility index (Phi) is 6.48. The maximum atomic E-state index is 11.5. The number of hydrogen-bond acceptors (Lipinski definition) is 4. The Morgan fingerprint density at radius 3 is 2.47 bits per heavy atom. The molecule has 0 heterocycles. The lowest BCUT2D eigenvalue weighted by atomic mass is 10.4. The van der Waals surface area contributed by atoms with E-state index in [4.69, 9.17) is 5.26 Å². The lowest BCUT2D eigenvalue weighted by Gasteiger charge is -2.12. The minimum atomic E-state index is -3.45. The maximum absolute atomic E-state index is 11.5. The van der Waals surface area contributed by atoms with Crippen molar-refractivity contribution in [3.63, 3.8) is 0 Å². The van der Waals surface area contributed by atoms with Crippen LogP contribution < -0.4 is 4.72 Å². The number of hydrogen-bond donors (Lipinski definition) is 1.